The Labute approximate surface area is 125 Å². The van der Waals surface area contributed by atoms with Crippen molar-refractivity contribution in [3.8, 4) is 0 Å². The zero-order chi connectivity index (χ0) is 15.6. The SMILES string of the molecule is Cc1ccc(CCNC(=O)C2CC(=O)N(C(C)(C)C)C2)o1. The summed E-state index contributed by atoms with van der Waals surface area (Å²) in [5, 5.41) is 2.90. The third-order valence-corrected chi connectivity index (χ3v) is 3.77. The first-order chi connectivity index (χ1) is 9.77. The third kappa shape index (κ3) is 3.86. The fourth-order valence-electron chi connectivity index (χ4n) is 2.60. The maximum atomic E-state index is 12.1. The molecule has 1 aromatic rings. The monoisotopic (exact) mass is 292 g/mol. The minimum absolute atomic E-state index is 0.0432. The van der Waals surface area contributed by atoms with E-state index in [1.54, 1.807) is 4.90 Å². The van der Waals surface area contributed by atoms with E-state index in [9.17, 15) is 9.59 Å². The Hall–Kier alpha value is -1.78. The summed E-state index contributed by atoms with van der Waals surface area (Å²) in [6, 6.07) is 3.83. The number of amides is 2. The van der Waals surface area contributed by atoms with Crippen LogP contribution in [0, 0.1) is 12.8 Å². The van der Waals surface area contributed by atoms with Crippen LogP contribution in [0.1, 0.15) is 38.7 Å². The largest absolute Gasteiger partial charge is 0.466 e. The van der Waals surface area contributed by atoms with Crippen molar-refractivity contribution in [3.63, 3.8) is 0 Å². The normalized spacial score (nSPS) is 19.1. The molecule has 116 valence electrons. The van der Waals surface area contributed by atoms with E-state index in [2.05, 4.69) is 5.32 Å². The van der Waals surface area contributed by atoms with Crippen molar-refractivity contribution in [1.29, 1.82) is 0 Å². The van der Waals surface area contributed by atoms with Crippen LogP contribution in [0.15, 0.2) is 16.5 Å². The van der Waals surface area contributed by atoms with E-state index in [4.69, 9.17) is 4.42 Å². The highest BCUT2D eigenvalue weighted by molar-refractivity contribution is 5.89. The summed E-state index contributed by atoms with van der Waals surface area (Å²) in [6.07, 6.45) is 0.978. The molecule has 1 fully saturated rings. The van der Waals surface area contributed by atoms with Gasteiger partial charge in [0.15, 0.2) is 0 Å². The summed E-state index contributed by atoms with van der Waals surface area (Å²) in [5.74, 6) is 1.52. The summed E-state index contributed by atoms with van der Waals surface area (Å²) in [7, 11) is 0. The van der Waals surface area contributed by atoms with Crippen molar-refractivity contribution in [2.24, 2.45) is 5.92 Å². The number of nitrogens with zero attached hydrogens (tertiary/aromatic N) is 1. The van der Waals surface area contributed by atoms with Crippen LogP contribution in [0.5, 0.6) is 0 Å². The Morgan fingerprint density at radius 2 is 2.14 bits per heavy atom. The van der Waals surface area contributed by atoms with Gasteiger partial charge in [0.05, 0.1) is 5.92 Å². The average molecular weight is 292 g/mol. The second kappa shape index (κ2) is 5.92. The first-order valence-electron chi connectivity index (χ1n) is 7.41. The van der Waals surface area contributed by atoms with Gasteiger partial charge in [0, 0.05) is 31.5 Å². The van der Waals surface area contributed by atoms with Gasteiger partial charge in [0.1, 0.15) is 11.5 Å². The van der Waals surface area contributed by atoms with Crippen molar-refractivity contribution < 1.29 is 14.0 Å². The van der Waals surface area contributed by atoms with Gasteiger partial charge in [-0.3, -0.25) is 9.59 Å². The standard InChI is InChI=1S/C16H24N2O3/c1-11-5-6-13(21-11)7-8-17-15(20)12-9-14(19)18(10-12)16(2,3)4/h5-6,12H,7-10H2,1-4H3,(H,17,20). The molecule has 5 nitrogen and oxygen atoms in total. The molecule has 1 unspecified atom stereocenters. The van der Waals surface area contributed by atoms with Crippen LogP contribution in [0.4, 0.5) is 0 Å². The van der Waals surface area contributed by atoms with Crippen LogP contribution >= 0.6 is 0 Å². The van der Waals surface area contributed by atoms with Gasteiger partial charge < -0.3 is 14.6 Å². The van der Waals surface area contributed by atoms with E-state index in [0.29, 0.717) is 25.9 Å². The molecule has 0 bridgehead atoms. The zero-order valence-electron chi connectivity index (χ0n) is 13.2. The zero-order valence-corrected chi connectivity index (χ0v) is 13.2. The molecule has 1 saturated heterocycles. The molecule has 2 rings (SSSR count). The van der Waals surface area contributed by atoms with Gasteiger partial charge in [-0.25, -0.2) is 0 Å². The van der Waals surface area contributed by atoms with E-state index in [1.165, 1.54) is 0 Å². The minimum atomic E-state index is -0.241. The Balaban J connectivity index is 1.80. The highest BCUT2D eigenvalue weighted by atomic mass is 16.3. The summed E-state index contributed by atoms with van der Waals surface area (Å²) in [5.41, 5.74) is -0.224. The van der Waals surface area contributed by atoms with Gasteiger partial charge in [-0.05, 0) is 39.8 Å². The summed E-state index contributed by atoms with van der Waals surface area (Å²) < 4.78 is 5.46. The lowest BCUT2D eigenvalue weighted by molar-refractivity contribution is -0.132. The Bertz CT molecular complexity index is 528. The summed E-state index contributed by atoms with van der Waals surface area (Å²) in [6.45, 7) is 8.91. The average Bonchev–Trinajstić information content (AvgIpc) is 2.95. The van der Waals surface area contributed by atoms with Gasteiger partial charge >= 0.3 is 0 Å². The van der Waals surface area contributed by atoms with E-state index in [-0.39, 0.29) is 23.3 Å². The number of carbonyl (C=O) groups excluding carboxylic acids is 2. The molecule has 1 aliphatic rings. The second-order valence-corrected chi connectivity index (χ2v) is 6.63. The number of rotatable bonds is 4. The fraction of sp³-hybridized carbons (Fsp3) is 0.625. The number of nitrogens with one attached hydrogen (secondary N) is 1. The first kappa shape index (κ1) is 15.6. The lowest BCUT2D eigenvalue weighted by atomic mass is 10.1. The smallest absolute Gasteiger partial charge is 0.225 e. The number of aryl methyl sites for hydroxylation is 1. The van der Waals surface area contributed by atoms with Gasteiger partial charge in [0.2, 0.25) is 11.8 Å². The van der Waals surface area contributed by atoms with Gasteiger partial charge in [-0.2, -0.15) is 0 Å². The number of carbonyl (C=O) groups is 2. The Morgan fingerprint density at radius 1 is 1.43 bits per heavy atom. The number of hydrogen-bond donors (Lipinski definition) is 1. The Kier molecular flexibility index (Phi) is 4.40. The maximum Gasteiger partial charge on any atom is 0.225 e. The molecule has 0 aromatic carbocycles. The molecule has 2 amide bonds. The van der Waals surface area contributed by atoms with Crippen molar-refractivity contribution in [3.05, 3.63) is 23.7 Å². The molecule has 0 radical (unpaired) electrons. The molecule has 21 heavy (non-hydrogen) atoms. The predicted octanol–water partition coefficient (Wildman–Crippen LogP) is 1.89. The van der Waals surface area contributed by atoms with E-state index >= 15 is 0 Å². The molecule has 1 aromatic heterocycles. The van der Waals surface area contributed by atoms with Crippen LogP contribution in [0.25, 0.3) is 0 Å². The van der Waals surface area contributed by atoms with Gasteiger partial charge in [0.25, 0.3) is 0 Å². The lowest BCUT2D eigenvalue weighted by Gasteiger charge is -2.31. The summed E-state index contributed by atoms with van der Waals surface area (Å²) in [4.78, 5) is 25.9. The molecule has 1 atom stereocenters. The van der Waals surface area contributed by atoms with E-state index < -0.39 is 0 Å². The van der Waals surface area contributed by atoms with Crippen molar-refractivity contribution >= 4 is 11.8 Å². The van der Waals surface area contributed by atoms with Crippen molar-refractivity contribution in [1.82, 2.24) is 10.2 Å². The molecule has 5 heteroatoms. The molecule has 0 spiro atoms. The molecule has 1 N–H and O–H groups in total. The van der Waals surface area contributed by atoms with Crippen molar-refractivity contribution in [2.45, 2.75) is 46.1 Å². The second-order valence-electron chi connectivity index (χ2n) is 6.63. The van der Waals surface area contributed by atoms with Crippen LogP contribution < -0.4 is 5.32 Å². The highest BCUT2D eigenvalue weighted by Gasteiger charge is 2.39. The number of furan rings is 1. The van der Waals surface area contributed by atoms with Crippen LogP contribution in [-0.2, 0) is 16.0 Å². The topological polar surface area (TPSA) is 62.6 Å². The minimum Gasteiger partial charge on any atom is -0.466 e. The number of hydrogen-bond acceptors (Lipinski definition) is 3. The quantitative estimate of drug-likeness (QED) is 0.922. The molecular weight excluding hydrogens is 268 g/mol. The maximum absolute atomic E-state index is 12.1. The molecule has 0 saturated carbocycles. The third-order valence-electron chi connectivity index (χ3n) is 3.77. The van der Waals surface area contributed by atoms with E-state index in [0.717, 1.165) is 11.5 Å². The van der Waals surface area contributed by atoms with Crippen LogP contribution in [0.3, 0.4) is 0 Å². The van der Waals surface area contributed by atoms with Crippen LogP contribution in [0.2, 0.25) is 0 Å². The molecule has 1 aliphatic heterocycles. The molecular formula is C16H24N2O3. The predicted molar refractivity (Wildman–Crippen MR) is 79.7 cm³/mol. The lowest BCUT2D eigenvalue weighted by Crippen LogP contribution is -2.43. The number of likely N-dealkylation sites (tertiary alicyclic amines) is 1. The van der Waals surface area contributed by atoms with E-state index in [1.807, 2.05) is 39.8 Å². The Morgan fingerprint density at radius 3 is 2.67 bits per heavy atom. The van der Waals surface area contributed by atoms with Gasteiger partial charge in [-0.15, -0.1) is 0 Å². The molecule has 2 heterocycles. The first-order valence-corrected chi connectivity index (χ1v) is 7.41. The highest BCUT2D eigenvalue weighted by Crippen LogP contribution is 2.25. The van der Waals surface area contributed by atoms with Gasteiger partial charge in [-0.1, -0.05) is 0 Å². The fourth-order valence-corrected chi connectivity index (χ4v) is 2.60. The molecule has 0 aliphatic carbocycles. The summed E-state index contributed by atoms with van der Waals surface area (Å²) >= 11 is 0. The van der Waals surface area contributed by atoms with Crippen LogP contribution in [-0.4, -0.2) is 35.3 Å². The van der Waals surface area contributed by atoms with Crippen molar-refractivity contribution in [2.75, 3.05) is 13.1 Å².